The van der Waals surface area contributed by atoms with Gasteiger partial charge in [0.15, 0.2) is 0 Å². The fourth-order valence-electron chi connectivity index (χ4n) is 2.61. The number of para-hydroxylation sites is 1. The quantitative estimate of drug-likeness (QED) is 0.837. The fraction of sp³-hybridized carbons (Fsp3) is 0.250. The molecule has 0 fully saturated rings. The monoisotopic (exact) mass is 349 g/mol. The van der Waals surface area contributed by atoms with E-state index in [2.05, 4.69) is 16.9 Å². The fourth-order valence-corrected chi connectivity index (χ4v) is 3.55. The number of nitrogens with zero attached hydrogens (tertiary/aromatic N) is 1. The van der Waals surface area contributed by atoms with E-state index in [0.29, 0.717) is 9.21 Å². The van der Waals surface area contributed by atoms with Gasteiger partial charge in [0, 0.05) is 12.2 Å². The molecule has 1 aromatic heterocycles. The molecule has 0 saturated carbocycles. The zero-order valence-corrected chi connectivity index (χ0v) is 13.9. The van der Waals surface area contributed by atoms with Gasteiger partial charge < -0.3 is 4.90 Å². The number of amides is 2. The lowest BCUT2D eigenvalue weighted by molar-refractivity contribution is -0.120. The van der Waals surface area contributed by atoms with E-state index < -0.39 is 0 Å². The first-order valence-corrected chi connectivity index (χ1v) is 8.50. The molecule has 7 heteroatoms. The summed E-state index contributed by atoms with van der Waals surface area (Å²) in [5, 5.41) is 0. The molecular weight excluding hydrogens is 334 g/mol. The second kappa shape index (κ2) is 7.02. The molecule has 1 aliphatic rings. The maximum atomic E-state index is 12.1. The second-order valence-corrected chi connectivity index (χ2v) is 6.97. The van der Waals surface area contributed by atoms with Gasteiger partial charge in [0.1, 0.15) is 0 Å². The highest BCUT2D eigenvalue weighted by atomic mass is 35.5. The summed E-state index contributed by atoms with van der Waals surface area (Å²) in [6.45, 7) is 1.04. The minimum absolute atomic E-state index is 0.211. The Balaban J connectivity index is 1.55. The molecule has 5 nitrogen and oxygen atoms in total. The number of rotatable bonds is 3. The molecule has 2 N–H and O–H groups in total. The predicted octanol–water partition coefficient (Wildman–Crippen LogP) is 2.62. The zero-order valence-electron chi connectivity index (χ0n) is 12.3. The zero-order chi connectivity index (χ0) is 16.2. The predicted molar refractivity (Wildman–Crippen MR) is 91.9 cm³/mol. The highest BCUT2D eigenvalue weighted by molar-refractivity contribution is 7.17. The number of hydrogen-bond donors (Lipinski definition) is 2. The van der Waals surface area contributed by atoms with Gasteiger partial charge in [-0.2, -0.15) is 0 Å². The van der Waals surface area contributed by atoms with Crippen molar-refractivity contribution in [2.45, 2.75) is 12.8 Å². The van der Waals surface area contributed by atoms with Crippen LogP contribution in [0.15, 0.2) is 36.4 Å². The van der Waals surface area contributed by atoms with Crippen LogP contribution in [0.2, 0.25) is 4.34 Å². The Morgan fingerprint density at radius 1 is 1.17 bits per heavy atom. The van der Waals surface area contributed by atoms with E-state index >= 15 is 0 Å². The van der Waals surface area contributed by atoms with Gasteiger partial charge in [-0.1, -0.05) is 29.8 Å². The first-order valence-electron chi connectivity index (χ1n) is 7.31. The summed E-state index contributed by atoms with van der Waals surface area (Å²) in [7, 11) is 0. The molecule has 1 aromatic carbocycles. The summed E-state index contributed by atoms with van der Waals surface area (Å²) < 4.78 is 0.534. The van der Waals surface area contributed by atoms with Crippen LogP contribution in [0, 0.1) is 0 Å². The number of hydrazine groups is 1. The molecule has 2 aromatic rings. The van der Waals surface area contributed by atoms with Crippen molar-refractivity contribution in [1.29, 1.82) is 0 Å². The highest BCUT2D eigenvalue weighted by Gasteiger charge is 2.19. The van der Waals surface area contributed by atoms with Gasteiger partial charge in [0.2, 0.25) is 0 Å². The number of aryl methyl sites for hydroxylation is 1. The smallest absolute Gasteiger partial charge is 0.279 e. The minimum Gasteiger partial charge on any atom is -0.362 e. The van der Waals surface area contributed by atoms with Crippen LogP contribution in [-0.2, 0) is 11.2 Å². The van der Waals surface area contributed by atoms with Crippen molar-refractivity contribution in [3.63, 3.8) is 0 Å². The molecule has 0 spiro atoms. The summed E-state index contributed by atoms with van der Waals surface area (Å²) in [5.74, 6) is -0.619. The molecule has 2 amide bonds. The standard InChI is InChI=1S/C16H16ClN3O2S/c17-14-8-7-13(23-14)16(22)19-18-15(21)10-20-9-3-5-11-4-1-2-6-12(11)20/h1-2,4,6-8H,3,5,9-10H2,(H,18,21)(H,19,22). The molecule has 0 saturated heterocycles. The van der Waals surface area contributed by atoms with Crippen molar-refractivity contribution in [3.8, 4) is 0 Å². The number of fused-ring (bicyclic) bond motifs is 1. The number of nitrogens with one attached hydrogen (secondary N) is 2. The number of anilines is 1. The molecule has 0 aliphatic carbocycles. The molecular formula is C16H16ClN3O2S. The van der Waals surface area contributed by atoms with E-state index in [0.717, 1.165) is 25.1 Å². The summed E-state index contributed by atoms with van der Waals surface area (Å²) in [4.78, 5) is 26.4. The average molecular weight is 350 g/mol. The largest absolute Gasteiger partial charge is 0.362 e. The first-order chi connectivity index (χ1) is 11.1. The number of carbonyl (C=O) groups is 2. The molecule has 120 valence electrons. The van der Waals surface area contributed by atoms with E-state index in [1.165, 1.54) is 16.9 Å². The van der Waals surface area contributed by atoms with Crippen molar-refractivity contribution < 1.29 is 9.59 Å². The Morgan fingerprint density at radius 3 is 2.78 bits per heavy atom. The van der Waals surface area contributed by atoms with Crippen molar-refractivity contribution in [3.05, 3.63) is 51.2 Å². The second-order valence-electron chi connectivity index (χ2n) is 5.26. The molecule has 0 unspecified atom stereocenters. The number of thiophene rings is 1. The normalized spacial score (nSPS) is 13.3. The number of hydrogen-bond acceptors (Lipinski definition) is 4. The molecule has 0 atom stereocenters. The first kappa shape index (κ1) is 15.8. The van der Waals surface area contributed by atoms with Gasteiger partial charge >= 0.3 is 0 Å². The highest BCUT2D eigenvalue weighted by Crippen LogP contribution is 2.26. The Kier molecular flexibility index (Phi) is 4.83. The SMILES string of the molecule is O=C(CN1CCCc2ccccc21)NNC(=O)c1ccc(Cl)s1. The third kappa shape index (κ3) is 3.83. The summed E-state index contributed by atoms with van der Waals surface area (Å²) in [6, 6.07) is 11.4. The molecule has 1 aliphatic heterocycles. The Morgan fingerprint density at radius 2 is 2.00 bits per heavy atom. The van der Waals surface area contributed by atoms with Crippen molar-refractivity contribution in [2.24, 2.45) is 0 Å². The maximum Gasteiger partial charge on any atom is 0.279 e. The van der Waals surface area contributed by atoms with Crippen LogP contribution in [-0.4, -0.2) is 24.9 Å². The van der Waals surface area contributed by atoms with Gasteiger partial charge in [-0.15, -0.1) is 11.3 Å². The van der Waals surface area contributed by atoms with E-state index in [-0.39, 0.29) is 18.4 Å². The van der Waals surface area contributed by atoms with E-state index in [4.69, 9.17) is 11.6 Å². The Hall–Kier alpha value is -2.05. The molecule has 3 rings (SSSR count). The van der Waals surface area contributed by atoms with Crippen LogP contribution < -0.4 is 15.8 Å². The van der Waals surface area contributed by atoms with Crippen LogP contribution in [0.4, 0.5) is 5.69 Å². The van der Waals surface area contributed by atoms with Crippen molar-refractivity contribution in [1.82, 2.24) is 10.9 Å². The van der Waals surface area contributed by atoms with Gasteiger partial charge in [-0.05, 0) is 36.6 Å². The van der Waals surface area contributed by atoms with Crippen molar-refractivity contribution >= 4 is 40.4 Å². The van der Waals surface area contributed by atoms with E-state index in [1.807, 2.05) is 23.1 Å². The minimum atomic E-state index is -0.366. The molecule has 23 heavy (non-hydrogen) atoms. The number of benzene rings is 1. The topological polar surface area (TPSA) is 61.4 Å². The number of carbonyl (C=O) groups excluding carboxylic acids is 2. The maximum absolute atomic E-state index is 12.1. The van der Waals surface area contributed by atoms with Gasteiger partial charge in [-0.3, -0.25) is 20.4 Å². The van der Waals surface area contributed by atoms with Crippen LogP contribution >= 0.6 is 22.9 Å². The van der Waals surface area contributed by atoms with Crippen LogP contribution in [0.3, 0.4) is 0 Å². The summed E-state index contributed by atoms with van der Waals surface area (Å²) >= 11 is 6.95. The Labute approximate surface area is 143 Å². The molecule has 2 heterocycles. The third-order valence-corrected chi connectivity index (χ3v) is 4.88. The molecule has 0 radical (unpaired) electrons. The average Bonchev–Trinajstić information content (AvgIpc) is 2.99. The van der Waals surface area contributed by atoms with Crippen LogP contribution in [0.5, 0.6) is 0 Å². The number of halogens is 1. The van der Waals surface area contributed by atoms with E-state index in [9.17, 15) is 9.59 Å². The van der Waals surface area contributed by atoms with E-state index in [1.54, 1.807) is 12.1 Å². The van der Waals surface area contributed by atoms with Gasteiger partial charge in [0.05, 0.1) is 15.8 Å². The lowest BCUT2D eigenvalue weighted by atomic mass is 10.0. The Bertz CT molecular complexity index is 732. The van der Waals surface area contributed by atoms with Crippen LogP contribution in [0.25, 0.3) is 0 Å². The summed E-state index contributed by atoms with van der Waals surface area (Å²) in [6.07, 6.45) is 2.05. The van der Waals surface area contributed by atoms with Gasteiger partial charge in [-0.25, -0.2) is 0 Å². The van der Waals surface area contributed by atoms with Crippen molar-refractivity contribution in [2.75, 3.05) is 18.0 Å². The van der Waals surface area contributed by atoms with Gasteiger partial charge in [0.25, 0.3) is 11.8 Å². The van der Waals surface area contributed by atoms with Crippen LogP contribution in [0.1, 0.15) is 21.7 Å². The lowest BCUT2D eigenvalue weighted by Gasteiger charge is -2.30. The molecule has 0 bridgehead atoms. The third-order valence-electron chi connectivity index (χ3n) is 3.65. The lowest BCUT2D eigenvalue weighted by Crippen LogP contribution is -2.47. The summed E-state index contributed by atoms with van der Waals surface area (Å²) in [5.41, 5.74) is 7.21.